The quantitative estimate of drug-likeness (QED) is 0.683. The molecule has 1 amide bonds. The fourth-order valence-electron chi connectivity index (χ4n) is 3.34. The number of thiophene rings is 1. The molecule has 4 heteroatoms. The molecule has 0 spiro atoms. The molecule has 2 aromatic heterocycles. The van der Waals surface area contributed by atoms with E-state index in [1.807, 2.05) is 29.4 Å². The van der Waals surface area contributed by atoms with Gasteiger partial charge in [0.05, 0.1) is 5.56 Å². The van der Waals surface area contributed by atoms with Crippen molar-refractivity contribution in [3.8, 4) is 5.00 Å². The Kier molecular flexibility index (Phi) is 3.77. The van der Waals surface area contributed by atoms with Crippen molar-refractivity contribution in [1.82, 2.24) is 9.47 Å². The van der Waals surface area contributed by atoms with E-state index in [2.05, 4.69) is 42.7 Å². The molecule has 3 heterocycles. The lowest BCUT2D eigenvalue weighted by atomic mass is 9.99. The van der Waals surface area contributed by atoms with Crippen molar-refractivity contribution in [1.29, 1.82) is 0 Å². The van der Waals surface area contributed by atoms with Gasteiger partial charge in [0, 0.05) is 30.4 Å². The van der Waals surface area contributed by atoms with E-state index in [0.29, 0.717) is 6.54 Å². The molecule has 0 bridgehead atoms. The van der Waals surface area contributed by atoms with Crippen LogP contribution in [0, 0.1) is 13.8 Å². The third-order valence-corrected chi connectivity index (χ3v) is 6.06. The lowest BCUT2D eigenvalue weighted by Crippen LogP contribution is -2.36. The zero-order valence-electron chi connectivity index (χ0n) is 14.0. The number of hydrogen-bond donors (Lipinski definition) is 0. The molecule has 1 aromatic carbocycles. The minimum atomic E-state index is 0.148. The highest BCUT2D eigenvalue weighted by molar-refractivity contribution is 7.15. The maximum absolute atomic E-state index is 13.3. The molecule has 1 aliphatic rings. The number of nitrogens with zero attached hydrogens (tertiary/aromatic N) is 2. The number of aryl methyl sites for hydroxylation is 1. The molecular weight excluding hydrogens is 316 g/mol. The predicted molar refractivity (Wildman–Crippen MR) is 98.0 cm³/mol. The van der Waals surface area contributed by atoms with Crippen molar-refractivity contribution >= 4 is 17.2 Å². The summed E-state index contributed by atoms with van der Waals surface area (Å²) in [5, 5.41) is 1.03. The second kappa shape index (κ2) is 5.95. The molecule has 3 nitrogen and oxygen atoms in total. The Hall–Kier alpha value is -2.33. The highest BCUT2D eigenvalue weighted by Crippen LogP contribution is 2.33. The van der Waals surface area contributed by atoms with Gasteiger partial charge in [-0.05, 0) is 49.1 Å². The molecule has 0 saturated carbocycles. The van der Waals surface area contributed by atoms with Gasteiger partial charge in [-0.1, -0.05) is 24.3 Å². The van der Waals surface area contributed by atoms with E-state index in [4.69, 9.17) is 0 Å². The smallest absolute Gasteiger partial charge is 0.257 e. The normalized spacial score (nSPS) is 13.8. The van der Waals surface area contributed by atoms with E-state index in [1.54, 1.807) is 11.3 Å². The lowest BCUT2D eigenvalue weighted by Gasteiger charge is -2.29. The van der Waals surface area contributed by atoms with Crippen LogP contribution in [0.5, 0.6) is 0 Å². The number of rotatable bonds is 2. The molecule has 0 unspecified atom stereocenters. The molecule has 0 N–H and O–H groups in total. The van der Waals surface area contributed by atoms with Crippen LogP contribution in [0.2, 0.25) is 0 Å². The van der Waals surface area contributed by atoms with Gasteiger partial charge in [-0.2, -0.15) is 0 Å². The maximum atomic E-state index is 13.3. The van der Waals surface area contributed by atoms with Gasteiger partial charge >= 0.3 is 0 Å². The first-order valence-electron chi connectivity index (χ1n) is 8.24. The monoisotopic (exact) mass is 336 g/mol. The van der Waals surface area contributed by atoms with Gasteiger partial charge in [-0.3, -0.25) is 4.79 Å². The van der Waals surface area contributed by atoms with Crippen molar-refractivity contribution in [3.05, 3.63) is 75.9 Å². The average molecular weight is 336 g/mol. The number of carbonyl (C=O) groups excluding carboxylic acids is 1. The fourth-order valence-corrected chi connectivity index (χ4v) is 4.45. The Balaban J connectivity index is 1.71. The molecule has 0 aliphatic carbocycles. The Labute approximate surface area is 146 Å². The predicted octanol–water partition coefficient (Wildman–Crippen LogP) is 4.35. The number of aromatic nitrogens is 1. The average Bonchev–Trinajstić information content (AvgIpc) is 3.23. The third-order valence-electron chi connectivity index (χ3n) is 4.84. The van der Waals surface area contributed by atoms with E-state index >= 15 is 0 Å². The molecule has 0 saturated heterocycles. The Bertz CT molecular complexity index is 893. The Morgan fingerprint density at radius 2 is 1.75 bits per heavy atom. The van der Waals surface area contributed by atoms with Gasteiger partial charge in [0.1, 0.15) is 5.00 Å². The molecule has 3 aromatic rings. The van der Waals surface area contributed by atoms with Crippen molar-refractivity contribution in [2.24, 2.45) is 0 Å². The van der Waals surface area contributed by atoms with Crippen LogP contribution in [0.4, 0.5) is 0 Å². The van der Waals surface area contributed by atoms with Gasteiger partial charge in [0.15, 0.2) is 0 Å². The molecule has 0 fully saturated rings. The first-order chi connectivity index (χ1) is 11.6. The number of fused-ring (bicyclic) bond motifs is 1. The lowest BCUT2D eigenvalue weighted by molar-refractivity contribution is 0.0734. The molecule has 122 valence electrons. The highest BCUT2D eigenvalue weighted by atomic mass is 32.1. The van der Waals surface area contributed by atoms with E-state index in [1.165, 1.54) is 16.0 Å². The van der Waals surface area contributed by atoms with Crippen LogP contribution in [0.25, 0.3) is 5.00 Å². The maximum Gasteiger partial charge on any atom is 0.257 e. The number of hydrogen-bond acceptors (Lipinski definition) is 2. The summed E-state index contributed by atoms with van der Waals surface area (Å²) < 4.78 is 2.05. The zero-order chi connectivity index (χ0) is 16.7. The molecule has 0 radical (unpaired) electrons. The molecule has 1 aliphatic heterocycles. The van der Waals surface area contributed by atoms with Crippen molar-refractivity contribution in [2.45, 2.75) is 26.8 Å². The largest absolute Gasteiger partial charge is 0.334 e. The molecule has 0 atom stereocenters. The number of carbonyl (C=O) groups is 1. The summed E-state index contributed by atoms with van der Waals surface area (Å²) in [7, 11) is 0. The second-order valence-electron chi connectivity index (χ2n) is 6.30. The minimum Gasteiger partial charge on any atom is -0.334 e. The molecule has 4 rings (SSSR count). The summed E-state index contributed by atoms with van der Waals surface area (Å²) in [6.45, 7) is 5.64. The highest BCUT2D eigenvalue weighted by Gasteiger charge is 2.27. The van der Waals surface area contributed by atoms with Crippen LogP contribution in [0.15, 0.2) is 48.8 Å². The van der Waals surface area contributed by atoms with Gasteiger partial charge in [-0.15, -0.1) is 11.3 Å². The van der Waals surface area contributed by atoms with Crippen molar-refractivity contribution < 1.29 is 4.79 Å². The summed E-state index contributed by atoms with van der Waals surface area (Å²) in [6.07, 6.45) is 4.95. The standard InChI is InChI=1S/C20H20N2OS/c1-14-15(2)24-20(21-10-5-6-11-21)18(14)19(23)22-12-9-16-7-3-4-8-17(16)13-22/h3-8,10-11H,9,12-13H2,1-2H3. The van der Waals surface area contributed by atoms with E-state index in [0.717, 1.165) is 29.1 Å². The minimum absolute atomic E-state index is 0.148. The summed E-state index contributed by atoms with van der Waals surface area (Å²) in [5.74, 6) is 0.148. The van der Waals surface area contributed by atoms with Crippen molar-refractivity contribution in [2.75, 3.05) is 6.54 Å². The van der Waals surface area contributed by atoms with Gasteiger partial charge in [0.25, 0.3) is 5.91 Å². The number of benzene rings is 1. The number of amides is 1. The van der Waals surface area contributed by atoms with Crippen LogP contribution in [-0.2, 0) is 13.0 Å². The van der Waals surface area contributed by atoms with Crippen molar-refractivity contribution in [3.63, 3.8) is 0 Å². The summed E-state index contributed by atoms with van der Waals surface area (Å²) in [4.78, 5) is 16.5. The first-order valence-corrected chi connectivity index (χ1v) is 9.06. The summed E-state index contributed by atoms with van der Waals surface area (Å²) >= 11 is 1.69. The zero-order valence-corrected chi connectivity index (χ0v) is 14.8. The molecule has 24 heavy (non-hydrogen) atoms. The summed E-state index contributed by atoms with van der Waals surface area (Å²) in [6, 6.07) is 12.4. The van der Waals surface area contributed by atoms with Crippen LogP contribution in [0.3, 0.4) is 0 Å². The van der Waals surface area contributed by atoms with E-state index in [9.17, 15) is 4.79 Å². The van der Waals surface area contributed by atoms with Crippen LogP contribution in [0.1, 0.15) is 31.9 Å². The van der Waals surface area contributed by atoms with Gasteiger partial charge in [-0.25, -0.2) is 0 Å². The van der Waals surface area contributed by atoms with Gasteiger partial charge < -0.3 is 9.47 Å². The first kappa shape index (κ1) is 15.2. The fraction of sp³-hybridized carbons (Fsp3) is 0.250. The third kappa shape index (κ3) is 2.47. The topological polar surface area (TPSA) is 25.2 Å². The van der Waals surface area contributed by atoms with Crippen LogP contribution >= 0.6 is 11.3 Å². The second-order valence-corrected chi connectivity index (χ2v) is 7.50. The SMILES string of the molecule is Cc1sc(-n2cccc2)c(C(=O)N2CCc3ccccc3C2)c1C. The Morgan fingerprint density at radius 3 is 2.50 bits per heavy atom. The Morgan fingerprint density at radius 1 is 1.04 bits per heavy atom. The van der Waals surface area contributed by atoms with E-state index < -0.39 is 0 Å². The van der Waals surface area contributed by atoms with Crippen LogP contribution < -0.4 is 0 Å². The van der Waals surface area contributed by atoms with Crippen LogP contribution in [-0.4, -0.2) is 21.9 Å². The van der Waals surface area contributed by atoms with Gasteiger partial charge in [0.2, 0.25) is 0 Å². The molecular formula is C20H20N2OS. The summed E-state index contributed by atoms with van der Waals surface area (Å²) in [5.41, 5.74) is 4.59. The van der Waals surface area contributed by atoms with E-state index in [-0.39, 0.29) is 5.91 Å².